The van der Waals surface area contributed by atoms with Crippen molar-refractivity contribution >= 4 is 28.2 Å². The van der Waals surface area contributed by atoms with E-state index in [0.717, 1.165) is 11.1 Å². The zero-order valence-electron chi connectivity index (χ0n) is 17.1. The van der Waals surface area contributed by atoms with Crippen molar-refractivity contribution in [1.82, 2.24) is 20.2 Å². The number of halogens is 1. The minimum absolute atomic E-state index is 0.0657. The maximum absolute atomic E-state index is 13.7. The van der Waals surface area contributed by atoms with Crippen LogP contribution in [0.15, 0.2) is 79.3 Å². The number of nitrogens with two attached hydrogens (primary N) is 1. The third-order valence-electron chi connectivity index (χ3n) is 4.92. The fourth-order valence-electron chi connectivity index (χ4n) is 3.33. The third kappa shape index (κ3) is 4.19. The molecule has 0 aliphatic carbocycles. The van der Waals surface area contributed by atoms with Crippen LogP contribution in [0.3, 0.4) is 0 Å². The van der Waals surface area contributed by atoms with Crippen molar-refractivity contribution in [2.75, 3.05) is 11.1 Å². The maximum Gasteiger partial charge on any atom is 0.276 e. The Balaban J connectivity index is 1.36. The quantitative estimate of drug-likeness (QED) is 0.362. The highest BCUT2D eigenvalue weighted by atomic mass is 19.1. The third-order valence-corrected chi connectivity index (χ3v) is 4.92. The number of rotatable bonds is 5. The summed E-state index contributed by atoms with van der Waals surface area (Å²) < 4.78 is 19.2. The van der Waals surface area contributed by atoms with Crippen LogP contribution < -0.4 is 15.8 Å². The number of nitrogen functional groups attached to an aromatic ring is 1. The molecule has 0 aliphatic heterocycles. The van der Waals surface area contributed by atoms with Crippen molar-refractivity contribution in [1.29, 1.82) is 0 Å². The van der Waals surface area contributed by atoms with Gasteiger partial charge in [0.2, 0.25) is 5.88 Å². The number of anilines is 2. The monoisotopic (exact) mass is 440 g/mol. The molecule has 2 aromatic carbocycles. The van der Waals surface area contributed by atoms with E-state index in [1.54, 1.807) is 30.6 Å². The summed E-state index contributed by atoms with van der Waals surface area (Å²) >= 11 is 0. The number of fused-ring (bicyclic) bond motifs is 1. The summed E-state index contributed by atoms with van der Waals surface area (Å²) in [6.45, 7) is 0. The summed E-state index contributed by atoms with van der Waals surface area (Å²) in [5.74, 6) is -0.635. The van der Waals surface area contributed by atoms with Gasteiger partial charge in [-0.15, -0.1) is 0 Å². The van der Waals surface area contributed by atoms with Gasteiger partial charge in [-0.3, -0.25) is 14.9 Å². The number of ether oxygens (including phenoxy) is 1. The van der Waals surface area contributed by atoms with Crippen molar-refractivity contribution in [2.45, 2.75) is 0 Å². The zero-order valence-corrected chi connectivity index (χ0v) is 17.1. The Labute approximate surface area is 187 Å². The highest BCUT2D eigenvalue weighted by molar-refractivity contribution is 6.11. The molecule has 4 N–H and O–H groups in total. The molecule has 0 bridgehead atoms. The van der Waals surface area contributed by atoms with Crippen LogP contribution in [-0.4, -0.2) is 26.1 Å². The lowest BCUT2D eigenvalue weighted by Gasteiger charge is -2.07. The number of pyridine rings is 2. The Kier molecular flexibility index (Phi) is 5.12. The van der Waals surface area contributed by atoms with Crippen molar-refractivity contribution in [3.8, 4) is 22.8 Å². The molecule has 0 spiro atoms. The average Bonchev–Trinajstić information content (AvgIpc) is 3.25. The first-order valence-electron chi connectivity index (χ1n) is 9.95. The first-order chi connectivity index (χ1) is 16.1. The number of para-hydroxylation sites is 1. The van der Waals surface area contributed by atoms with E-state index < -0.39 is 11.7 Å². The normalized spacial score (nSPS) is 10.8. The lowest BCUT2D eigenvalue weighted by molar-refractivity contribution is 0.102. The van der Waals surface area contributed by atoms with Gasteiger partial charge < -0.3 is 15.8 Å². The Morgan fingerprint density at radius 3 is 2.67 bits per heavy atom. The second-order valence-electron chi connectivity index (χ2n) is 7.21. The smallest absolute Gasteiger partial charge is 0.276 e. The number of hydrogen-bond donors (Lipinski definition) is 3. The van der Waals surface area contributed by atoms with E-state index in [2.05, 4.69) is 25.5 Å². The number of carbonyl (C=O) groups excluding carboxylic acids is 1. The molecule has 8 nitrogen and oxygen atoms in total. The van der Waals surface area contributed by atoms with Gasteiger partial charge in [0.05, 0.1) is 23.1 Å². The molecule has 0 fully saturated rings. The second kappa shape index (κ2) is 8.39. The second-order valence-corrected chi connectivity index (χ2v) is 7.21. The van der Waals surface area contributed by atoms with E-state index in [1.807, 2.05) is 24.3 Å². The van der Waals surface area contributed by atoms with Crippen LogP contribution in [-0.2, 0) is 0 Å². The summed E-state index contributed by atoms with van der Waals surface area (Å²) in [6.07, 6.45) is 4.69. The van der Waals surface area contributed by atoms with Crippen LogP contribution >= 0.6 is 0 Å². The number of aromatic amines is 1. The highest BCUT2D eigenvalue weighted by Gasteiger charge is 2.16. The molecular weight excluding hydrogens is 423 g/mol. The average molecular weight is 440 g/mol. The SMILES string of the molecule is Nc1cncc(-c2ccc3[nH]nc(C(=O)Nc4ccc(Oc5ccccc5F)nc4)c3c2)c1. The minimum atomic E-state index is -0.490. The van der Waals surface area contributed by atoms with Gasteiger partial charge in [-0.1, -0.05) is 18.2 Å². The van der Waals surface area contributed by atoms with Crippen LogP contribution in [0.2, 0.25) is 0 Å². The fourth-order valence-corrected chi connectivity index (χ4v) is 3.33. The van der Waals surface area contributed by atoms with Crippen LogP contribution in [0.25, 0.3) is 22.0 Å². The Morgan fingerprint density at radius 2 is 1.88 bits per heavy atom. The first-order valence-corrected chi connectivity index (χ1v) is 9.95. The standard InChI is InChI=1S/C24H17FN6O2/c25-19-3-1-2-4-21(19)33-22-8-6-17(13-28-22)29-24(32)23-18-10-14(5-7-20(18)30-31-23)15-9-16(26)12-27-11-15/h1-13H,26H2,(H,29,32)(H,30,31). The molecule has 0 unspecified atom stereocenters. The summed E-state index contributed by atoms with van der Waals surface area (Å²) in [5, 5.41) is 10.4. The van der Waals surface area contributed by atoms with E-state index in [9.17, 15) is 9.18 Å². The Bertz CT molecular complexity index is 1470. The lowest BCUT2D eigenvalue weighted by Crippen LogP contribution is -2.13. The lowest BCUT2D eigenvalue weighted by atomic mass is 10.0. The number of aromatic nitrogens is 4. The summed E-state index contributed by atoms with van der Waals surface area (Å²) in [4.78, 5) is 21.1. The molecular formula is C24H17FN6O2. The molecule has 33 heavy (non-hydrogen) atoms. The van der Waals surface area contributed by atoms with E-state index in [4.69, 9.17) is 10.5 Å². The molecule has 3 heterocycles. The summed E-state index contributed by atoms with van der Waals surface area (Å²) in [5.41, 5.74) is 9.46. The van der Waals surface area contributed by atoms with Gasteiger partial charge in [-0.25, -0.2) is 9.37 Å². The van der Waals surface area contributed by atoms with Gasteiger partial charge in [0.15, 0.2) is 17.3 Å². The number of nitrogens with one attached hydrogen (secondary N) is 2. The van der Waals surface area contributed by atoms with Crippen molar-refractivity contribution in [3.05, 3.63) is 90.8 Å². The predicted molar refractivity (Wildman–Crippen MR) is 122 cm³/mol. The number of amides is 1. The first kappa shape index (κ1) is 20.1. The summed E-state index contributed by atoms with van der Waals surface area (Å²) in [6, 6.07) is 16.6. The number of benzene rings is 2. The number of nitrogens with zero attached hydrogens (tertiary/aromatic N) is 3. The van der Waals surface area contributed by atoms with Gasteiger partial charge in [0.25, 0.3) is 5.91 Å². The Morgan fingerprint density at radius 1 is 1.00 bits per heavy atom. The fraction of sp³-hybridized carbons (Fsp3) is 0. The van der Waals surface area contributed by atoms with E-state index in [0.29, 0.717) is 22.3 Å². The topological polar surface area (TPSA) is 119 Å². The molecule has 162 valence electrons. The van der Waals surface area contributed by atoms with Crippen LogP contribution in [0.4, 0.5) is 15.8 Å². The summed E-state index contributed by atoms with van der Waals surface area (Å²) in [7, 11) is 0. The molecule has 0 radical (unpaired) electrons. The largest absolute Gasteiger partial charge is 0.436 e. The van der Waals surface area contributed by atoms with Gasteiger partial charge in [-0.2, -0.15) is 5.10 Å². The van der Waals surface area contributed by atoms with Crippen LogP contribution in [0.1, 0.15) is 10.5 Å². The van der Waals surface area contributed by atoms with Crippen LogP contribution in [0.5, 0.6) is 11.6 Å². The Hall–Kier alpha value is -4.79. The predicted octanol–water partition coefficient (Wildman–Crippen LogP) is 4.79. The number of H-pyrrole nitrogens is 1. The van der Waals surface area contributed by atoms with Crippen molar-refractivity contribution in [3.63, 3.8) is 0 Å². The van der Waals surface area contributed by atoms with Gasteiger partial charge in [-0.05, 0) is 42.0 Å². The van der Waals surface area contributed by atoms with Crippen LogP contribution in [0, 0.1) is 5.82 Å². The number of carbonyl (C=O) groups is 1. The zero-order chi connectivity index (χ0) is 22.8. The molecule has 9 heteroatoms. The minimum Gasteiger partial charge on any atom is -0.436 e. The molecule has 0 saturated carbocycles. The molecule has 3 aromatic heterocycles. The van der Waals surface area contributed by atoms with E-state index >= 15 is 0 Å². The molecule has 0 saturated heterocycles. The van der Waals surface area contributed by atoms with E-state index in [-0.39, 0.29) is 17.3 Å². The maximum atomic E-state index is 13.7. The molecule has 5 aromatic rings. The molecule has 0 atom stereocenters. The molecule has 5 rings (SSSR count). The highest BCUT2D eigenvalue weighted by Crippen LogP contribution is 2.27. The molecule has 0 aliphatic rings. The van der Waals surface area contributed by atoms with Crippen molar-refractivity contribution in [2.24, 2.45) is 0 Å². The van der Waals surface area contributed by atoms with Gasteiger partial charge in [0.1, 0.15) is 0 Å². The van der Waals surface area contributed by atoms with Crippen molar-refractivity contribution < 1.29 is 13.9 Å². The van der Waals surface area contributed by atoms with Gasteiger partial charge in [0, 0.05) is 29.4 Å². The number of hydrogen-bond acceptors (Lipinski definition) is 6. The van der Waals surface area contributed by atoms with E-state index in [1.165, 1.54) is 24.4 Å². The van der Waals surface area contributed by atoms with Gasteiger partial charge >= 0.3 is 0 Å². The molecule has 1 amide bonds.